The van der Waals surface area contributed by atoms with Crippen LogP contribution < -0.4 is 5.32 Å². The number of ether oxygens (including phenoxy) is 1. The van der Waals surface area contributed by atoms with Crippen LogP contribution in [0.4, 0.5) is 5.69 Å². The number of methoxy groups -OCH3 is 1. The number of halogens is 1. The van der Waals surface area contributed by atoms with Gasteiger partial charge in [-0.1, -0.05) is 11.6 Å². The van der Waals surface area contributed by atoms with E-state index in [4.69, 9.17) is 21.3 Å². The maximum absolute atomic E-state index is 11.5. The number of carbonyl (C=O) groups excluding carboxylic acids is 1. The molecule has 0 unspecified atom stereocenters. The average molecular weight is 305 g/mol. The number of nitrogens with one attached hydrogen (secondary N) is 1. The Morgan fingerprint density at radius 1 is 1.48 bits per heavy atom. The van der Waals surface area contributed by atoms with E-state index < -0.39 is 5.97 Å². The Balaban J connectivity index is 2.16. The van der Waals surface area contributed by atoms with Gasteiger partial charge in [0.05, 0.1) is 24.9 Å². The summed E-state index contributed by atoms with van der Waals surface area (Å²) >= 11 is 5.91. The SMILES string of the molecule is COC(=O)c1cc(CNc2cc(Cl)ccc2C#N)oc1C. The predicted octanol–water partition coefficient (Wildman–Crippen LogP) is 3.51. The topological polar surface area (TPSA) is 75.3 Å². The summed E-state index contributed by atoms with van der Waals surface area (Å²) in [6.07, 6.45) is 0. The van der Waals surface area contributed by atoms with Gasteiger partial charge in [0.25, 0.3) is 0 Å². The summed E-state index contributed by atoms with van der Waals surface area (Å²) in [5.41, 5.74) is 1.48. The molecule has 0 saturated heterocycles. The zero-order valence-electron chi connectivity index (χ0n) is 11.6. The minimum atomic E-state index is -0.442. The van der Waals surface area contributed by atoms with Crippen LogP contribution in [0, 0.1) is 18.3 Å². The van der Waals surface area contributed by atoms with Crippen LogP contribution in [0.3, 0.4) is 0 Å². The van der Waals surface area contributed by atoms with Gasteiger partial charge in [0.2, 0.25) is 0 Å². The van der Waals surface area contributed by atoms with Gasteiger partial charge in [0.15, 0.2) is 0 Å². The Kier molecular flexibility index (Phi) is 4.51. The second-order valence-electron chi connectivity index (χ2n) is 4.33. The van der Waals surface area contributed by atoms with Gasteiger partial charge >= 0.3 is 5.97 Å². The number of furan rings is 1. The molecule has 0 fully saturated rings. The summed E-state index contributed by atoms with van der Waals surface area (Å²) in [6, 6.07) is 8.64. The summed E-state index contributed by atoms with van der Waals surface area (Å²) in [5.74, 6) is 0.616. The molecular formula is C15H13ClN2O3. The summed E-state index contributed by atoms with van der Waals surface area (Å²) in [7, 11) is 1.32. The number of nitriles is 1. The molecule has 0 saturated carbocycles. The highest BCUT2D eigenvalue weighted by atomic mass is 35.5. The normalized spacial score (nSPS) is 10.0. The third-order valence-corrected chi connectivity index (χ3v) is 3.16. The minimum absolute atomic E-state index is 0.326. The van der Waals surface area contributed by atoms with E-state index in [1.54, 1.807) is 31.2 Å². The molecular weight excluding hydrogens is 292 g/mol. The molecule has 0 radical (unpaired) electrons. The highest BCUT2D eigenvalue weighted by molar-refractivity contribution is 6.30. The summed E-state index contributed by atoms with van der Waals surface area (Å²) in [4.78, 5) is 11.5. The van der Waals surface area contributed by atoms with Crippen LogP contribution in [0.1, 0.15) is 27.4 Å². The molecule has 5 nitrogen and oxygen atoms in total. The van der Waals surface area contributed by atoms with E-state index in [-0.39, 0.29) is 0 Å². The van der Waals surface area contributed by atoms with Gasteiger partial charge in [-0.3, -0.25) is 0 Å². The van der Waals surface area contributed by atoms with Crippen LogP contribution in [-0.4, -0.2) is 13.1 Å². The molecule has 0 aliphatic heterocycles. The van der Waals surface area contributed by atoms with Crippen molar-refractivity contribution >= 4 is 23.3 Å². The van der Waals surface area contributed by atoms with Gasteiger partial charge in [0, 0.05) is 5.02 Å². The molecule has 1 N–H and O–H groups in total. The van der Waals surface area contributed by atoms with Crippen molar-refractivity contribution in [2.75, 3.05) is 12.4 Å². The summed E-state index contributed by atoms with van der Waals surface area (Å²) < 4.78 is 10.1. The van der Waals surface area contributed by atoms with Gasteiger partial charge < -0.3 is 14.5 Å². The first-order chi connectivity index (χ1) is 10.0. The van der Waals surface area contributed by atoms with Crippen molar-refractivity contribution in [3.63, 3.8) is 0 Å². The smallest absolute Gasteiger partial charge is 0.341 e. The van der Waals surface area contributed by atoms with Crippen molar-refractivity contribution in [3.05, 3.63) is 51.9 Å². The van der Waals surface area contributed by atoms with E-state index in [1.807, 2.05) is 0 Å². The van der Waals surface area contributed by atoms with Crippen molar-refractivity contribution in [2.45, 2.75) is 13.5 Å². The largest absolute Gasteiger partial charge is 0.465 e. The molecule has 6 heteroatoms. The fourth-order valence-electron chi connectivity index (χ4n) is 1.89. The summed E-state index contributed by atoms with van der Waals surface area (Å²) in [6.45, 7) is 2.02. The molecule has 1 aromatic carbocycles. The number of nitrogens with zero attached hydrogens (tertiary/aromatic N) is 1. The van der Waals surface area contributed by atoms with Gasteiger partial charge in [-0.05, 0) is 31.2 Å². The van der Waals surface area contributed by atoms with Crippen LogP contribution in [0.25, 0.3) is 0 Å². The van der Waals surface area contributed by atoms with E-state index in [0.717, 1.165) is 0 Å². The monoisotopic (exact) mass is 304 g/mol. The van der Waals surface area contributed by atoms with Crippen LogP contribution >= 0.6 is 11.6 Å². The zero-order chi connectivity index (χ0) is 15.4. The van der Waals surface area contributed by atoms with Crippen molar-refractivity contribution in [2.24, 2.45) is 0 Å². The predicted molar refractivity (Wildman–Crippen MR) is 78.3 cm³/mol. The maximum atomic E-state index is 11.5. The quantitative estimate of drug-likeness (QED) is 0.875. The molecule has 0 spiro atoms. The molecule has 0 aliphatic rings. The lowest BCUT2D eigenvalue weighted by molar-refractivity contribution is 0.0599. The van der Waals surface area contributed by atoms with Gasteiger partial charge in [-0.25, -0.2) is 4.79 Å². The van der Waals surface area contributed by atoms with Crippen LogP contribution in [-0.2, 0) is 11.3 Å². The first-order valence-electron chi connectivity index (χ1n) is 6.16. The van der Waals surface area contributed by atoms with Gasteiger partial charge in [-0.2, -0.15) is 5.26 Å². The lowest BCUT2D eigenvalue weighted by Crippen LogP contribution is -2.02. The molecule has 2 aromatic rings. The average Bonchev–Trinajstić information content (AvgIpc) is 2.85. The Morgan fingerprint density at radius 3 is 2.90 bits per heavy atom. The lowest BCUT2D eigenvalue weighted by Gasteiger charge is -2.06. The number of rotatable bonds is 4. The lowest BCUT2D eigenvalue weighted by atomic mass is 10.2. The first kappa shape index (κ1) is 14.9. The Labute approximate surface area is 127 Å². The fraction of sp³-hybridized carbons (Fsp3) is 0.200. The minimum Gasteiger partial charge on any atom is -0.465 e. The van der Waals surface area contributed by atoms with Crippen molar-refractivity contribution in [1.82, 2.24) is 0 Å². The molecule has 21 heavy (non-hydrogen) atoms. The van der Waals surface area contributed by atoms with Gasteiger partial charge in [0.1, 0.15) is 23.2 Å². The van der Waals surface area contributed by atoms with Crippen LogP contribution in [0.15, 0.2) is 28.7 Å². The number of esters is 1. The number of aryl methyl sites for hydroxylation is 1. The second kappa shape index (κ2) is 6.33. The molecule has 0 atom stereocenters. The molecule has 0 amide bonds. The molecule has 0 bridgehead atoms. The molecule has 1 aromatic heterocycles. The Bertz CT molecular complexity index is 716. The highest BCUT2D eigenvalue weighted by Crippen LogP contribution is 2.22. The van der Waals surface area contributed by atoms with Crippen molar-refractivity contribution < 1.29 is 13.9 Å². The molecule has 0 aliphatic carbocycles. The second-order valence-corrected chi connectivity index (χ2v) is 4.77. The molecule has 1 heterocycles. The van der Waals surface area contributed by atoms with Crippen molar-refractivity contribution in [3.8, 4) is 6.07 Å². The number of hydrogen-bond donors (Lipinski definition) is 1. The van der Waals surface area contributed by atoms with E-state index in [9.17, 15) is 4.79 Å². The van der Waals surface area contributed by atoms with E-state index >= 15 is 0 Å². The van der Waals surface area contributed by atoms with Crippen LogP contribution in [0.5, 0.6) is 0 Å². The zero-order valence-corrected chi connectivity index (χ0v) is 12.3. The van der Waals surface area contributed by atoms with Gasteiger partial charge in [-0.15, -0.1) is 0 Å². The Morgan fingerprint density at radius 2 is 2.24 bits per heavy atom. The maximum Gasteiger partial charge on any atom is 0.341 e. The fourth-order valence-corrected chi connectivity index (χ4v) is 2.06. The third-order valence-electron chi connectivity index (χ3n) is 2.93. The van der Waals surface area contributed by atoms with E-state index in [0.29, 0.717) is 39.9 Å². The standard InChI is InChI=1S/C15H13ClN2O3/c1-9-13(15(19)20-2)6-12(21-9)8-18-14-5-11(16)4-3-10(14)7-17/h3-6,18H,8H2,1-2H3. The summed E-state index contributed by atoms with van der Waals surface area (Å²) in [5, 5.41) is 12.6. The number of carbonyl (C=O) groups is 1. The van der Waals surface area contributed by atoms with Crippen molar-refractivity contribution in [1.29, 1.82) is 5.26 Å². The molecule has 108 valence electrons. The van der Waals surface area contributed by atoms with E-state index in [2.05, 4.69) is 16.1 Å². The number of anilines is 1. The van der Waals surface area contributed by atoms with E-state index in [1.165, 1.54) is 7.11 Å². The third kappa shape index (κ3) is 3.36. The number of benzene rings is 1. The highest BCUT2D eigenvalue weighted by Gasteiger charge is 2.15. The Hall–Kier alpha value is -2.45. The molecule has 2 rings (SSSR count). The first-order valence-corrected chi connectivity index (χ1v) is 6.54. The van der Waals surface area contributed by atoms with Crippen LogP contribution in [0.2, 0.25) is 5.02 Å². The number of hydrogen-bond acceptors (Lipinski definition) is 5.